The van der Waals surface area contributed by atoms with Crippen LogP contribution in [0, 0.1) is 0 Å². The first kappa shape index (κ1) is 15.1. The number of ether oxygens (including phenoxy) is 1. The van der Waals surface area contributed by atoms with Gasteiger partial charge in [-0.1, -0.05) is 17.7 Å². The summed E-state index contributed by atoms with van der Waals surface area (Å²) in [5, 5.41) is 10.4. The Bertz CT molecular complexity index is 489. The molecular weight excluding hydrogens is 288 g/mol. The van der Waals surface area contributed by atoms with E-state index >= 15 is 0 Å². The van der Waals surface area contributed by atoms with Crippen LogP contribution in [0.3, 0.4) is 0 Å². The molecule has 4 nitrogen and oxygen atoms in total. The van der Waals surface area contributed by atoms with Crippen molar-refractivity contribution in [3.05, 3.63) is 28.8 Å². The van der Waals surface area contributed by atoms with Crippen LogP contribution in [0.2, 0.25) is 5.02 Å². The van der Waals surface area contributed by atoms with Gasteiger partial charge >= 0.3 is 0 Å². The van der Waals surface area contributed by atoms with Gasteiger partial charge in [0.2, 0.25) is 0 Å². The quantitative estimate of drug-likeness (QED) is 0.929. The molecule has 21 heavy (non-hydrogen) atoms. The van der Waals surface area contributed by atoms with Crippen molar-refractivity contribution in [3.63, 3.8) is 0 Å². The van der Waals surface area contributed by atoms with Crippen molar-refractivity contribution in [2.24, 2.45) is 0 Å². The summed E-state index contributed by atoms with van der Waals surface area (Å²) >= 11 is 6.40. The van der Waals surface area contributed by atoms with Crippen LogP contribution in [-0.4, -0.2) is 55.4 Å². The third kappa shape index (κ3) is 3.34. The van der Waals surface area contributed by atoms with Gasteiger partial charge in [-0.2, -0.15) is 0 Å². The van der Waals surface area contributed by atoms with E-state index in [0.717, 1.165) is 55.7 Å². The Balaban J connectivity index is 1.68. The first-order valence-electron chi connectivity index (χ1n) is 7.69. The van der Waals surface area contributed by atoms with Crippen molar-refractivity contribution in [2.45, 2.75) is 25.5 Å². The molecule has 2 saturated heterocycles. The Morgan fingerprint density at radius 1 is 1.29 bits per heavy atom. The van der Waals surface area contributed by atoms with Crippen LogP contribution in [0.25, 0.3) is 0 Å². The molecule has 1 unspecified atom stereocenters. The van der Waals surface area contributed by atoms with E-state index in [0.29, 0.717) is 6.04 Å². The van der Waals surface area contributed by atoms with Crippen molar-refractivity contribution in [1.29, 1.82) is 0 Å². The Morgan fingerprint density at radius 3 is 2.71 bits per heavy atom. The smallest absolute Gasteiger partial charge is 0.0762 e. The monoisotopic (exact) mass is 310 g/mol. The standard InChI is InChI=1S/C16H23ClN2O2/c1-12(20)13-2-3-16(15(17)10-13)19-5-4-14(11-19)18-6-8-21-9-7-18/h2-3,10,12,14,20H,4-9,11H2,1H3/t12-,14?/m1/s1. The molecule has 2 atom stereocenters. The maximum absolute atomic E-state index is 9.63. The minimum absolute atomic E-state index is 0.476. The molecule has 2 fully saturated rings. The SMILES string of the molecule is C[C@@H](O)c1ccc(N2CCC(N3CCOCC3)C2)c(Cl)c1. The molecule has 0 bridgehead atoms. The highest BCUT2D eigenvalue weighted by molar-refractivity contribution is 6.33. The molecule has 0 spiro atoms. The largest absolute Gasteiger partial charge is 0.389 e. The number of rotatable bonds is 3. The third-order valence-corrected chi connectivity index (χ3v) is 4.82. The minimum Gasteiger partial charge on any atom is -0.389 e. The Kier molecular flexibility index (Phi) is 4.69. The Labute approximate surface area is 131 Å². The molecule has 0 aliphatic carbocycles. The number of halogens is 1. The van der Waals surface area contributed by atoms with E-state index in [1.807, 2.05) is 18.2 Å². The third-order valence-electron chi connectivity index (χ3n) is 4.52. The fourth-order valence-electron chi connectivity index (χ4n) is 3.24. The molecule has 5 heteroatoms. The number of nitrogens with zero attached hydrogens (tertiary/aromatic N) is 2. The molecule has 2 aliphatic heterocycles. The van der Waals surface area contributed by atoms with Gasteiger partial charge in [-0.25, -0.2) is 0 Å². The van der Waals surface area contributed by atoms with E-state index in [1.54, 1.807) is 6.92 Å². The highest BCUT2D eigenvalue weighted by Gasteiger charge is 2.29. The summed E-state index contributed by atoms with van der Waals surface area (Å²) in [7, 11) is 0. The lowest BCUT2D eigenvalue weighted by Crippen LogP contribution is -2.44. The Morgan fingerprint density at radius 2 is 2.05 bits per heavy atom. The second-order valence-electron chi connectivity index (χ2n) is 5.92. The fourth-order valence-corrected chi connectivity index (χ4v) is 3.55. The first-order valence-corrected chi connectivity index (χ1v) is 8.07. The van der Waals surface area contributed by atoms with Crippen LogP contribution < -0.4 is 4.90 Å². The molecule has 0 amide bonds. The topological polar surface area (TPSA) is 35.9 Å². The van der Waals surface area contributed by atoms with Gasteiger partial charge in [0.25, 0.3) is 0 Å². The van der Waals surface area contributed by atoms with Gasteiger partial charge in [0.1, 0.15) is 0 Å². The van der Waals surface area contributed by atoms with Gasteiger partial charge in [-0.3, -0.25) is 4.90 Å². The summed E-state index contributed by atoms with van der Waals surface area (Å²) in [6.07, 6.45) is 0.699. The summed E-state index contributed by atoms with van der Waals surface area (Å²) in [6.45, 7) is 7.58. The zero-order valence-electron chi connectivity index (χ0n) is 12.5. The number of morpholine rings is 1. The molecule has 0 radical (unpaired) electrons. The predicted octanol–water partition coefficient (Wildman–Crippen LogP) is 2.30. The molecule has 3 rings (SSSR count). The zero-order valence-corrected chi connectivity index (χ0v) is 13.2. The average Bonchev–Trinajstić information content (AvgIpc) is 2.97. The zero-order chi connectivity index (χ0) is 14.8. The minimum atomic E-state index is -0.476. The van der Waals surface area contributed by atoms with Crippen LogP contribution in [0.5, 0.6) is 0 Å². The van der Waals surface area contributed by atoms with E-state index in [4.69, 9.17) is 16.3 Å². The highest BCUT2D eigenvalue weighted by atomic mass is 35.5. The Hall–Kier alpha value is -0.810. The van der Waals surface area contributed by atoms with Crippen LogP contribution in [-0.2, 0) is 4.74 Å². The van der Waals surface area contributed by atoms with Gasteiger partial charge in [0.05, 0.1) is 30.0 Å². The predicted molar refractivity (Wildman–Crippen MR) is 85.1 cm³/mol. The molecule has 1 N–H and O–H groups in total. The molecular formula is C16H23ClN2O2. The average molecular weight is 311 g/mol. The van der Waals surface area contributed by atoms with Crippen LogP contribution in [0.1, 0.15) is 25.0 Å². The maximum Gasteiger partial charge on any atom is 0.0762 e. The first-order chi connectivity index (χ1) is 10.1. The normalized spacial score (nSPS) is 25.3. The van der Waals surface area contributed by atoms with Gasteiger partial charge in [-0.15, -0.1) is 0 Å². The molecule has 0 aromatic heterocycles. The van der Waals surface area contributed by atoms with E-state index in [-0.39, 0.29) is 0 Å². The number of anilines is 1. The number of aliphatic hydroxyl groups excluding tert-OH is 1. The maximum atomic E-state index is 9.63. The van der Waals surface area contributed by atoms with Gasteiger partial charge in [0, 0.05) is 32.2 Å². The number of aliphatic hydroxyl groups is 1. The van der Waals surface area contributed by atoms with Gasteiger partial charge < -0.3 is 14.7 Å². The summed E-state index contributed by atoms with van der Waals surface area (Å²) in [4.78, 5) is 4.88. The second kappa shape index (κ2) is 6.53. The van der Waals surface area contributed by atoms with Crippen molar-refractivity contribution in [1.82, 2.24) is 4.90 Å². The van der Waals surface area contributed by atoms with Gasteiger partial charge in [-0.05, 0) is 31.0 Å². The molecule has 1 aromatic rings. The van der Waals surface area contributed by atoms with Crippen LogP contribution in [0.15, 0.2) is 18.2 Å². The molecule has 2 aliphatic rings. The summed E-state index contributed by atoms with van der Waals surface area (Å²) < 4.78 is 5.43. The number of hydrogen-bond donors (Lipinski definition) is 1. The highest BCUT2D eigenvalue weighted by Crippen LogP contribution is 2.32. The van der Waals surface area contributed by atoms with Crippen LogP contribution in [0.4, 0.5) is 5.69 Å². The van der Waals surface area contributed by atoms with E-state index in [2.05, 4.69) is 9.80 Å². The fraction of sp³-hybridized carbons (Fsp3) is 0.625. The van der Waals surface area contributed by atoms with Crippen molar-refractivity contribution in [2.75, 3.05) is 44.3 Å². The van der Waals surface area contributed by atoms with Crippen molar-refractivity contribution in [3.8, 4) is 0 Å². The van der Waals surface area contributed by atoms with Crippen molar-refractivity contribution >= 4 is 17.3 Å². The van der Waals surface area contributed by atoms with Gasteiger partial charge in [0.15, 0.2) is 0 Å². The summed E-state index contributed by atoms with van der Waals surface area (Å²) in [5.74, 6) is 0. The van der Waals surface area contributed by atoms with Crippen molar-refractivity contribution < 1.29 is 9.84 Å². The van der Waals surface area contributed by atoms with E-state index in [9.17, 15) is 5.11 Å². The lowest BCUT2D eigenvalue weighted by Gasteiger charge is -2.32. The molecule has 2 heterocycles. The second-order valence-corrected chi connectivity index (χ2v) is 6.33. The number of hydrogen-bond acceptors (Lipinski definition) is 4. The number of benzene rings is 1. The summed E-state index contributed by atoms with van der Waals surface area (Å²) in [6, 6.07) is 6.48. The molecule has 0 saturated carbocycles. The molecule has 116 valence electrons. The lowest BCUT2D eigenvalue weighted by atomic mass is 10.1. The molecule has 1 aromatic carbocycles. The van der Waals surface area contributed by atoms with E-state index < -0.39 is 6.10 Å². The lowest BCUT2D eigenvalue weighted by molar-refractivity contribution is 0.0209. The van der Waals surface area contributed by atoms with Crippen LogP contribution >= 0.6 is 11.6 Å². The summed E-state index contributed by atoms with van der Waals surface area (Å²) in [5.41, 5.74) is 1.95. The van der Waals surface area contributed by atoms with E-state index in [1.165, 1.54) is 6.42 Å².